The highest BCUT2D eigenvalue weighted by Crippen LogP contribution is 2.08. The third-order valence-corrected chi connectivity index (χ3v) is 3.49. The zero-order valence-electron chi connectivity index (χ0n) is 11.0. The maximum atomic E-state index is 13.0. The summed E-state index contributed by atoms with van der Waals surface area (Å²) >= 11 is 0. The average molecular weight is 251 g/mol. The van der Waals surface area contributed by atoms with E-state index in [0.717, 1.165) is 51.5 Å². The number of halogens is 1. The summed E-state index contributed by atoms with van der Waals surface area (Å²) in [6.45, 7) is 9.85. The number of benzene rings is 1. The Balaban J connectivity index is 1.67. The van der Waals surface area contributed by atoms with Crippen LogP contribution in [0.1, 0.15) is 6.92 Å². The van der Waals surface area contributed by atoms with Crippen molar-refractivity contribution in [3.63, 3.8) is 0 Å². The molecule has 1 heterocycles. The molecule has 0 bridgehead atoms. The first-order chi connectivity index (χ1) is 8.78. The maximum Gasteiger partial charge on any atom is 0.125 e. The van der Waals surface area contributed by atoms with E-state index in [0.29, 0.717) is 0 Å². The molecule has 0 spiro atoms. The highest BCUT2D eigenvalue weighted by molar-refractivity contribution is 5.42. The normalized spacial score (nSPS) is 17.9. The van der Waals surface area contributed by atoms with Gasteiger partial charge in [0.25, 0.3) is 0 Å². The fourth-order valence-electron chi connectivity index (χ4n) is 2.29. The van der Waals surface area contributed by atoms with Crippen molar-refractivity contribution in [3.8, 4) is 0 Å². The molecule has 0 unspecified atom stereocenters. The van der Waals surface area contributed by atoms with Crippen molar-refractivity contribution in [2.45, 2.75) is 6.92 Å². The van der Waals surface area contributed by atoms with Crippen LogP contribution in [0.4, 0.5) is 10.1 Å². The number of nitrogens with one attached hydrogen (secondary N) is 1. The van der Waals surface area contributed by atoms with Gasteiger partial charge < -0.3 is 10.2 Å². The lowest BCUT2D eigenvalue weighted by Gasteiger charge is -2.34. The van der Waals surface area contributed by atoms with Gasteiger partial charge in [0.2, 0.25) is 0 Å². The number of rotatable bonds is 5. The molecule has 4 heteroatoms. The summed E-state index contributed by atoms with van der Waals surface area (Å²) in [5.41, 5.74) is 0.863. The molecule has 0 saturated carbocycles. The summed E-state index contributed by atoms with van der Waals surface area (Å²) in [4.78, 5) is 4.93. The Bertz CT molecular complexity index is 362. The summed E-state index contributed by atoms with van der Waals surface area (Å²) in [6, 6.07) is 6.64. The summed E-state index contributed by atoms with van der Waals surface area (Å²) in [5, 5.41) is 3.26. The standard InChI is InChI=1S/C14H22FN3/c1-2-17-8-10-18(11-9-17)7-6-16-14-5-3-4-13(15)12-14/h3-5,12,16H,2,6-11H2,1H3. The van der Waals surface area contributed by atoms with Crippen LogP contribution in [-0.2, 0) is 0 Å². The lowest BCUT2D eigenvalue weighted by atomic mass is 10.3. The molecule has 1 aliphatic rings. The number of anilines is 1. The number of piperazine rings is 1. The first-order valence-corrected chi connectivity index (χ1v) is 6.72. The molecule has 1 fully saturated rings. The van der Waals surface area contributed by atoms with Crippen LogP contribution in [0.3, 0.4) is 0 Å². The highest BCUT2D eigenvalue weighted by Gasteiger charge is 2.14. The molecule has 18 heavy (non-hydrogen) atoms. The molecule has 1 aromatic rings. The van der Waals surface area contributed by atoms with E-state index in [1.54, 1.807) is 6.07 Å². The van der Waals surface area contributed by atoms with Gasteiger partial charge in [-0.05, 0) is 24.7 Å². The molecule has 1 aromatic carbocycles. The van der Waals surface area contributed by atoms with Gasteiger partial charge in [-0.2, -0.15) is 0 Å². The molecule has 0 radical (unpaired) electrons. The molecule has 3 nitrogen and oxygen atoms in total. The van der Waals surface area contributed by atoms with Crippen molar-refractivity contribution in [3.05, 3.63) is 30.1 Å². The van der Waals surface area contributed by atoms with Crippen molar-refractivity contribution in [1.29, 1.82) is 0 Å². The molecule has 1 saturated heterocycles. The van der Waals surface area contributed by atoms with Crippen LogP contribution in [0, 0.1) is 5.82 Å². The quantitative estimate of drug-likeness (QED) is 0.862. The monoisotopic (exact) mass is 251 g/mol. The molecule has 0 atom stereocenters. The molecule has 2 rings (SSSR count). The van der Waals surface area contributed by atoms with Gasteiger partial charge >= 0.3 is 0 Å². The van der Waals surface area contributed by atoms with Crippen LogP contribution in [0.15, 0.2) is 24.3 Å². The van der Waals surface area contributed by atoms with Gasteiger partial charge in [-0.15, -0.1) is 0 Å². The second kappa shape index (κ2) is 6.71. The minimum Gasteiger partial charge on any atom is -0.384 e. The smallest absolute Gasteiger partial charge is 0.125 e. The predicted molar refractivity (Wildman–Crippen MR) is 73.4 cm³/mol. The van der Waals surface area contributed by atoms with Crippen LogP contribution < -0.4 is 5.32 Å². The lowest BCUT2D eigenvalue weighted by Crippen LogP contribution is -2.47. The van der Waals surface area contributed by atoms with Crippen LogP contribution in [0.2, 0.25) is 0 Å². The average Bonchev–Trinajstić information content (AvgIpc) is 2.40. The van der Waals surface area contributed by atoms with E-state index in [9.17, 15) is 4.39 Å². The fourth-order valence-corrected chi connectivity index (χ4v) is 2.29. The van der Waals surface area contributed by atoms with E-state index in [4.69, 9.17) is 0 Å². The zero-order valence-corrected chi connectivity index (χ0v) is 11.0. The lowest BCUT2D eigenvalue weighted by molar-refractivity contribution is 0.141. The topological polar surface area (TPSA) is 18.5 Å². The Hall–Kier alpha value is -1.13. The summed E-state index contributed by atoms with van der Waals surface area (Å²) in [7, 11) is 0. The zero-order chi connectivity index (χ0) is 12.8. The number of nitrogens with zero attached hydrogens (tertiary/aromatic N) is 2. The van der Waals surface area contributed by atoms with Gasteiger partial charge in [-0.3, -0.25) is 4.90 Å². The van der Waals surface area contributed by atoms with Crippen LogP contribution in [0.5, 0.6) is 0 Å². The minimum atomic E-state index is -0.184. The Labute approximate surface area is 109 Å². The van der Waals surface area contributed by atoms with Gasteiger partial charge in [-0.1, -0.05) is 13.0 Å². The Kier molecular flexibility index (Phi) is 4.96. The van der Waals surface area contributed by atoms with E-state index in [1.165, 1.54) is 12.1 Å². The SMILES string of the molecule is CCN1CCN(CCNc2cccc(F)c2)CC1. The van der Waals surface area contributed by atoms with Crippen molar-refractivity contribution >= 4 is 5.69 Å². The van der Waals surface area contributed by atoms with E-state index in [1.807, 2.05) is 6.07 Å². The van der Waals surface area contributed by atoms with Gasteiger partial charge in [0.05, 0.1) is 0 Å². The van der Waals surface area contributed by atoms with E-state index >= 15 is 0 Å². The van der Waals surface area contributed by atoms with Crippen LogP contribution in [-0.4, -0.2) is 55.6 Å². The van der Waals surface area contributed by atoms with Crippen molar-refractivity contribution < 1.29 is 4.39 Å². The molecule has 0 aliphatic carbocycles. The second-order valence-electron chi connectivity index (χ2n) is 4.71. The summed E-state index contributed by atoms with van der Waals surface area (Å²) in [6.07, 6.45) is 0. The third-order valence-electron chi connectivity index (χ3n) is 3.49. The van der Waals surface area contributed by atoms with E-state index in [2.05, 4.69) is 22.0 Å². The molecule has 1 N–H and O–H groups in total. The Morgan fingerprint density at radius 1 is 1.17 bits per heavy atom. The van der Waals surface area contributed by atoms with E-state index in [-0.39, 0.29) is 5.82 Å². The van der Waals surface area contributed by atoms with Crippen molar-refractivity contribution in [1.82, 2.24) is 9.80 Å². The molecule has 0 aromatic heterocycles. The Morgan fingerprint density at radius 2 is 1.89 bits per heavy atom. The molecular weight excluding hydrogens is 229 g/mol. The highest BCUT2D eigenvalue weighted by atomic mass is 19.1. The molecule has 100 valence electrons. The summed E-state index contributed by atoms with van der Waals surface area (Å²) < 4.78 is 13.0. The third kappa shape index (κ3) is 3.96. The van der Waals surface area contributed by atoms with Crippen LogP contribution >= 0.6 is 0 Å². The molecule has 0 amide bonds. The van der Waals surface area contributed by atoms with Gasteiger partial charge in [0.15, 0.2) is 0 Å². The van der Waals surface area contributed by atoms with Crippen molar-refractivity contribution in [2.24, 2.45) is 0 Å². The van der Waals surface area contributed by atoms with Crippen LogP contribution in [0.25, 0.3) is 0 Å². The number of hydrogen-bond acceptors (Lipinski definition) is 3. The maximum absolute atomic E-state index is 13.0. The second-order valence-corrected chi connectivity index (χ2v) is 4.71. The van der Waals surface area contributed by atoms with Gasteiger partial charge in [-0.25, -0.2) is 4.39 Å². The van der Waals surface area contributed by atoms with Crippen molar-refractivity contribution in [2.75, 3.05) is 51.1 Å². The predicted octanol–water partition coefficient (Wildman–Crippen LogP) is 1.88. The first-order valence-electron chi connectivity index (χ1n) is 6.72. The first kappa shape index (κ1) is 13.3. The molecule has 1 aliphatic heterocycles. The van der Waals surface area contributed by atoms with Gasteiger partial charge in [0, 0.05) is 45.0 Å². The fraction of sp³-hybridized carbons (Fsp3) is 0.571. The molecular formula is C14H22FN3. The minimum absolute atomic E-state index is 0.184. The Morgan fingerprint density at radius 3 is 2.56 bits per heavy atom. The van der Waals surface area contributed by atoms with E-state index < -0.39 is 0 Å². The largest absolute Gasteiger partial charge is 0.384 e. The van der Waals surface area contributed by atoms with Gasteiger partial charge in [0.1, 0.15) is 5.82 Å². The summed E-state index contributed by atoms with van der Waals surface area (Å²) in [5.74, 6) is -0.184. The number of likely N-dealkylation sites (N-methyl/N-ethyl adjacent to an activating group) is 1. The number of hydrogen-bond donors (Lipinski definition) is 1.